The number of carbonyl (C=O) groups excluding carboxylic acids is 1. The first-order valence-electron chi connectivity index (χ1n) is 6.28. The van der Waals surface area contributed by atoms with E-state index in [9.17, 15) is 9.18 Å². The van der Waals surface area contributed by atoms with Crippen molar-refractivity contribution in [2.24, 2.45) is 0 Å². The van der Waals surface area contributed by atoms with Crippen LogP contribution < -0.4 is 5.32 Å². The quantitative estimate of drug-likeness (QED) is 0.917. The van der Waals surface area contributed by atoms with Gasteiger partial charge in [0.05, 0.1) is 17.4 Å². The zero-order chi connectivity index (χ0) is 14.9. The van der Waals surface area contributed by atoms with Gasteiger partial charge < -0.3 is 5.32 Å². The first kappa shape index (κ1) is 14.2. The van der Waals surface area contributed by atoms with Crippen molar-refractivity contribution in [2.75, 3.05) is 5.32 Å². The molecule has 0 radical (unpaired) electrons. The number of hydrogen-bond acceptors (Lipinski definition) is 3. The Kier molecular flexibility index (Phi) is 3.57. The van der Waals surface area contributed by atoms with Crippen LogP contribution in [0.1, 0.15) is 36.8 Å². The fraction of sp³-hybridized carbons (Fsp3) is 0.357. The SMILES string of the molecule is Cc1ccc(NC(=O)c2cn(C(C)(C)C)nn2)c(F)c1. The van der Waals surface area contributed by atoms with Gasteiger partial charge in [0, 0.05) is 0 Å². The Bertz CT molecular complexity index is 643. The molecule has 6 heteroatoms. The molecule has 1 N–H and O–H groups in total. The summed E-state index contributed by atoms with van der Waals surface area (Å²) in [4.78, 5) is 12.0. The van der Waals surface area contributed by atoms with Gasteiger partial charge in [0.15, 0.2) is 5.69 Å². The Morgan fingerprint density at radius 1 is 1.35 bits per heavy atom. The molecule has 1 amide bonds. The monoisotopic (exact) mass is 276 g/mol. The maximum Gasteiger partial charge on any atom is 0.277 e. The van der Waals surface area contributed by atoms with Gasteiger partial charge in [-0.1, -0.05) is 11.3 Å². The van der Waals surface area contributed by atoms with Gasteiger partial charge in [-0.05, 0) is 45.4 Å². The summed E-state index contributed by atoms with van der Waals surface area (Å²) in [6, 6.07) is 4.61. The van der Waals surface area contributed by atoms with Crippen molar-refractivity contribution in [3.63, 3.8) is 0 Å². The summed E-state index contributed by atoms with van der Waals surface area (Å²) in [6.45, 7) is 7.62. The maximum atomic E-state index is 13.7. The first-order chi connectivity index (χ1) is 9.27. The first-order valence-corrected chi connectivity index (χ1v) is 6.28. The lowest BCUT2D eigenvalue weighted by Gasteiger charge is -2.17. The average Bonchev–Trinajstić information content (AvgIpc) is 2.82. The number of aromatic nitrogens is 3. The Hall–Kier alpha value is -2.24. The van der Waals surface area contributed by atoms with Gasteiger partial charge in [-0.15, -0.1) is 5.10 Å². The van der Waals surface area contributed by atoms with E-state index >= 15 is 0 Å². The standard InChI is InChI=1S/C14H17FN4O/c1-9-5-6-11(10(15)7-9)16-13(20)12-8-19(18-17-12)14(2,3)4/h5-8H,1-4H3,(H,16,20). The van der Waals surface area contributed by atoms with Gasteiger partial charge >= 0.3 is 0 Å². The second kappa shape index (κ2) is 5.03. The lowest BCUT2D eigenvalue weighted by molar-refractivity contribution is 0.102. The van der Waals surface area contributed by atoms with E-state index in [0.717, 1.165) is 5.56 Å². The van der Waals surface area contributed by atoms with Gasteiger partial charge in [-0.25, -0.2) is 9.07 Å². The number of nitrogens with one attached hydrogen (secondary N) is 1. The van der Waals surface area contributed by atoms with E-state index in [4.69, 9.17) is 0 Å². The summed E-state index contributed by atoms with van der Waals surface area (Å²) < 4.78 is 15.3. The second-order valence-corrected chi connectivity index (χ2v) is 5.66. The lowest BCUT2D eigenvalue weighted by Crippen LogP contribution is -2.22. The maximum absolute atomic E-state index is 13.7. The molecule has 0 saturated heterocycles. The van der Waals surface area contributed by atoms with Crippen LogP contribution in [-0.2, 0) is 5.54 Å². The van der Waals surface area contributed by atoms with E-state index in [2.05, 4.69) is 15.6 Å². The molecule has 0 spiro atoms. The Morgan fingerprint density at radius 2 is 2.05 bits per heavy atom. The molecule has 0 aliphatic carbocycles. The van der Waals surface area contributed by atoms with Crippen molar-refractivity contribution >= 4 is 11.6 Å². The fourth-order valence-corrected chi connectivity index (χ4v) is 1.60. The second-order valence-electron chi connectivity index (χ2n) is 5.66. The molecule has 0 aliphatic rings. The molecule has 5 nitrogen and oxygen atoms in total. The summed E-state index contributed by atoms with van der Waals surface area (Å²) in [6.07, 6.45) is 1.54. The minimum Gasteiger partial charge on any atom is -0.318 e. The molecule has 0 unspecified atom stereocenters. The predicted octanol–water partition coefficient (Wildman–Crippen LogP) is 2.73. The van der Waals surface area contributed by atoms with Crippen LogP contribution in [0.2, 0.25) is 0 Å². The van der Waals surface area contributed by atoms with Crippen molar-refractivity contribution < 1.29 is 9.18 Å². The number of carbonyl (C=O) groups is 1. The summed E-state index contributed by atoms with van der Waals surface area (Å²) >= 11 is 0. The highest BCUT2D eigenvalue weighted by atomic mass is 19.1. The van der Waals surface area contributed by atoms with Crippen LogP contribution in [0.15, 0.2) is 24.4 Å². The third kappa shape index (κ3) is 3.01. The largest absolute Gasteiger partial charge is 0.318 e. The van der Waals surface area contributed by atoms with Gasteiger partial charge in [-0.2, -0.15) is 0 Å². The average molecular weight is 276 g/mol. The fourth-order valence-electron chi connectivity index (χ4n) is 1.60. The molecule has 1 aromatic heterocycles. The molecular formula is C14H17FN4O. The molecule has 2 rings (SSSR count). The Labute approximate surface area is 116 Å². The Morgan fingerprint density at radius 3 is 2.60 bits per heavy atom. The minimum atomic E-state index is -0.483. The Balaban J connectivity index is 2.18. The molecule has 0 atom stereocenters. The van der Waals surface area contributed by atoms with Crippen LogP contribution in [0.5, 0.6) is 0 Å². The molecule has 2 aromatic rings. The van der Waals surface area contributed by atoms with Crippen LogP contribution in [-0.4, -0.2) is 20.9 Å². The number of anilines is 1. The molecule has 1 aromatic carbocycles. The molecule has 0 saturated carbocycles. The predicted molar refractivity (Wildman–Crippen MR) is 74.1 cm³/mol. The summed E-state index contributed by atoms with van der Waals surface area (Å²) in [5.74, 6) is -0.954. The van der Waals surface area contributed by atoms with Crippen molar-refractivity contribution in [3.8, 4) is 0 Å². The lowest BCUT2D eigenvalue weighted by atomic mass is 10.1. The summed E-state index contributed by atoms with van der Waals surface area (Å²) in [5.41, 5.74) is 0.811. The zero-order valence-electron chi connectivity index (χ0n) is 11.9. The molecule has 0 aliphatic heterocycles. The van der Waals surface area contributed by atoms with Gasteiger partial charge in [0.1, 0.15) is 5.82 Å². The number of rotatable bonds is 2. The third-order valence-electron chi connectivity index (χ3n) is 2.79. The molecule has 0 bridgehead atoms. The van der Waals surface area contributed by atoms with Crippen molar-refractivity contribution in [1.82, 2.24) is 15.0 Å². The number of nitrogens with zero attached hydrogens (tertiary/aromatic N) is 3. The van der Waals surface area contributed by atoms with E-state index in [1.807, 2.05) is 20.8 Å². The molecule has 106 valence electrons. The normalized spacial score (nSPS) is 11.4. The summed E-state index contributed by atoms with van der Waals surface area (Å²) in [7, 11) is 0. The number of hydrogen-bond donors (Lipinski definition) is 1. The van der Waals surface area contributed by atoms with Crippen LogP contribution >= 0.6 is 0 Å². The zero-order valence-corrected chi connectivity index (χ0v) is 11.9. The van der Waals surface area contributed by atoms with Crippen LogP contribution in [0, 0.1) is 12.7 Å². The van der Waals surface area contributed by atoms with Gasteiger partial charge in [-0.3, -0.25) is 4.79 Å². The smallest absolute Gasteiger partial charge is 0.277 e. The molecule has 1 heterocycles. The van der Waals surface area contributed by atoms with E-state index in [1.54, 1.807) is 23.9 Å². The van der Waals surface area contributed by atoms with Crippen LogP contribution in [0.4, 0.5) is 10.1 Å². The van der Waals surface area contributed by atoms with E-state index in [-0.39, 0.29) is 16.9 Å². The number of benzene rings is 1. The number of aryl methyl sites for hydroxylation is 1. The molecule has 0 fully saturated rings. The topological polar surface area (TPSA) is 59.8 Å². The van der Waals surface area contributed by atoms with Crippen molar-refractivity contribution in [1.29, 1.82) is 0 Å². The van der Waals surface area contributed by atoms with Crippen LogP contribution in [0.25, 0.3) is 0 Å². The minimum absolute atomic E-state index is 0.130. The molecule has 20 heavy (non-hydrogen) atoms. The third-order valence-corrected chi connectivity index (χ3v) is 2.79. The highest BCUT2D eigenvalue weighted by Crippen LogP contribution is 2.17. The number of halogens is 1. The van der Waals surface area contributed by atoms with E-state index < -0.39 is 11.7 Å². The van der Waals surface area contributed by atoms with Crippen molar-refractivity contribution in [3.05, 3.63) is 41.5 Å². The van der Waals surface area contributed by atoms with E-state index in [1.165, 1.54) is 12.1 Å². The number of amides is 1. The van der Waals surface area contributed by atoms with Crippen molar-refractivity contribution in [2.45, 2.75) is 33.2 Å². The highest BCUT2D eigenvalue weighted by Gasteiger charge is 2.18. The molecular weight excluding hydrogens is 259 g/mol. The van der Waals surface area contributed by atoms with E-state index in [0.29, 0.717) is 0 Å². The summed E-state index contributed by atoms with van der Waals surface area (Å²) in [5, 5.41) is 10.2. The van der Waals surface area contributed by atoms with Crippen LogP contribution in [0.3, 0.4) is 0 Å². The highest BCUT2D eigenvalue weighted by molar-refractivity contribution is 6.02. The van der Waals surface area contributed by atoms with Gasteiger partial charge in [0.2, 0.25) is 0 Å². The van der Waals surface area contributed by atoms with Gasteiger partial charge in [0.25, 0.3) is 5.91 Å².